The molecule has 0 radical (unpaired) electrons. The number of hydrogen-bond acceptors (Lipinski definition) is 5. The highest BCUT2D eigenvalue weighted by Gasteiger charge is 2.09. The van der Waals surface area contributed by atoms with Gasteiger partial charge in [0.1, 0.15) is 5.75 Å². The molecule has 0 saturated heterocycles. The predicted molar refractivity (Wildman–Crippen MR) is 107 cm³/mol. The third kappa shape index (κ3) is 4.82. The lowest BCUT2D eigenvalue weighted by molar-refractivity contribution is 0.102. The van der Waals surface area contributed by atoms with Crippen LogP contribution in [-0.2, 0) is 6.42 Å². The van der Waals surface area contributed by atoms with Gasteiger partial charge in [0, 0.05) is 23.8 Å². The van der Waals surface area contributed by atoms with Crippen LogP contribution in [0, 0.1) is 0 Å². The van der Waals surface area contributed by atoms with Gasteiger partial charge in [0.05, 0.1) is 12.2 Å². The molecule has 0 fully saturated rings. The molecule has 0 aliphatic rings. The molecular weight excluding hydrogens is 340 g/mol. The van der Waals surface area contributed by atoms with Crippen molar-refractivity contribution in [3.8, 4) is 5.75 Å². The van der Waals surface area contributed by atoms with E-state index in [2.05, 4.69) is 33.6 Å². The Balaban J connectivity index is 1.65. The Hall–Kier alpha value is -3.41. The van der Waals surface area contributed by atoms with Gasteiger partial charge in [-0.1, -0.05) is 25.1 Å². The third-order valence-electron chi connectivity index (χ3n) is 3.98. The van der Waals surface area contributed by atoms with E-state index >= 15 is 0 Å². The summed E-state index contributed by atoms with van der Waals surface area (Å²) >= 11 is 0. The van der Waals surface area contributed by atoms with Crippen LogP contribution in [0.1, 0.15) is 29.8 Å². The number of ether oxygens (including phenoxy) is 1. The monoisotopic (exact) mass is 362 g/mol. The van der Waals surface area contributed by atoms with Crippen LogP contribution in [0.15, 0.2) is 60.9 Å². The summed E-state index contributed by atoms with van der Waals surface area (Å²) in [5.74, 6) is 0.954. The second-order valence-corrected chi connectivity index (χ2v) is 5.84. The van der Waals surface area contributed by atoms with E-state index in [-0.39, 0.29) is 5.91 Å². The molecule has 0 aliphatic carbocycles. The number of para-hydroxylation sites is 1. The third-order valence-corrected chi connectivity index (χ3v) is 3.98. The topological polar surface area (TPSA) is 76.1 Å². The molecule has 0 atom stereocenters. The van der Waals surface area contributed by atoms with Gasteiger partial charge >= 0.3 is 0 Å². The largest absolute Gasteiger partial charge is 0.494 e. The maximum atomic E-state index is 12.4. The van der Waals surface area contributed by atoms with E-state index in [9.17, 15) is 4.79 Å². The van der Waals surface area contributed by atoms with Crippen molar-refractivity contribution in [1.29, 1.82) is 0 Å². The van der Waals surface area contributed by atoms with E-state index in [1.165, 1.54) is 18.0 Å². The summed E-state index contributed by atoms with van der Waals surface area (Å²) < 4.78 is 5.39. The minimum atomic E-state index is -0.264. The van der Waals surface area contributed by atoms with Gasteiger partial charge in [0.2, 0.25) is 5.95 Å². The van der Waals surface area contributed by atoms with Crippen molar-refractivity contribution in [2.45, 2.75) is 20.3 Å². The SMILES string of the molecule is CCOc1ccc(NC(=O)c2cnc(Nc3ccccc3CC)nc2)cc1. The molecule has 0 aliphatic heterocycles. The Morgan fingerprint density at radius 2 is 1.70 bits per heavy atom. The number of rotatable bonds is 7. The molecule has 1 heterocycles. The van der Waals surface area contributed by atoms with Crippen LogP contribution in [-0.4, -0.2) is 22.5 Å². The molecule has 0 spiro atoms. The van der Waals surface area contributed by atoms with E-state index in [0.29, 0.717) is 23.8 Å². The van der Waals surface area contributed by atoms with Gasteiger partial charge in [-0.2, -0.15) is 0 Å². The van der Waals surface area contributed by atoms with Gasteiger partial charge in [0.15, 0.2) is 0 Å². The lowest BCUT2D eigenvalue weighted by atomic mass is 10.1. The Labute approximate surface area is 158 Å². The molecule has 1 aromatic heterocycles. The molecule has 3 aromatic rings. The van der Waals surface area contributed by atoms with Gasteiger partial charge in [-0.15, -0.1) is 0 Å². The molecule has 2 N–H and O–H groups in total. The maximum absolute atomic E-state index is 12.4. The average Bonchev–Trinajstić information content (AvgIpc) is 2.70. The van der Waals surface area contributed by atoms with Crippen LogP contribution in [0.2, 0.25) is 0 Å². The predicted octanol–water partition coefficient (Wildman–Crippen LogP) is 4.43. The summed E-state index contributed by atoms with van der Waals surface area (Å²) in [5, 5.41) is 6.01. The molecule has 138 valence electrons. The minimum absolute atomic E-state index is 0.264. The van der Waals surface area contributed by atoms with Crippen LogP contribution in [0.25, 0.3) is 0 Å². The molecule has 6 nitrogen and oxygen atoms in total. The van der Waals surface area contributed by atoms with Crippen LogP contribution in [0.3, 0.4) is 0 Å². The number of hydrogen-bond donors (Lipinski definition) is 2. The number of amides is 1. The van der Waals surface area contributed by atoms with E-state index in [1.807, 2.05) is 37.3 Å². The highest BCUT2D eigenvalue weighted by Crippen LogP contribution is 2.19. The Kier molecular flexibility index (Phi) is 5.99. The van der Waals surface area contributed by atoms with Crippen molar-refractivity contribution in [1.82, 2.24) is 9.97 Å². The van der Waals surface area contributed by atoms with Crippen LogP contribution in [0.5, 0.6) is 5.75 Å². The Bertz CT molecular complexity index is 893. The van der Waals surface area contributed by atoms with Gasteiger partial charge < -0.3 is 15.4 Å². The summed E-state index contributed by atoms with van der Waals surface area (Å²) in [5.41, 5.74) is 3.21. The number of carbonyl (C=O) groups excluding carboxylic acids is 1. The number of carbonyl (C=O) groups is 1. The summed E-state index contributed by atoms with van der Waals surface area (Å²) in [4.78, 5) is 20.8. The quantitative estimate of drug-likeness (QED) is 0.650. The van der Waals surface area contributed by atoms with Crippen LogP contribution < -0.4 is 15.4 Å². The second kappa shape index (κ2) is 8.80. The minimum Gasteiger partial charge on any atom is -0.494 e. The standard InChI is InChI=1S/C21H22N4O2/c1-3-15-7-5-6-8-19(15)25-21-22-13-16(14-23-21)20(26)24-17-9-11-18(12-10-17)27-4-2/h5-14H,3-4H2,1-2H3,(H,24,26)(H,22,23,25). The number of nitrogens with one attached hydrogen (secondary N) is 2. The van der Waals surface area contributed by atoms with Crippen molar-refractivity contribution in [3.63, 3.8) is 0 Å². The molecule has 27 heavy (non-hydrogen) atoms. The van der Waals surface area contributed by atoms with Crippen molar-refractivity contribution in [2.75, 3.05) is 17.2 Å². The average molecular weight is 362 g/mol. The fraction of sp³-hybridized carbons (Fsp3) is 0.190. The van der Waals surface area contributed by atoms with Gasteiger partial charge in [0.25, 0.3) is 5.91 Å². The van der Waals surface area contributed by atoms with Crippen molar-refractivity contribution < 1.29 is 9.53 Å². The lowest BCUT2D eigenvalue weighted by Crippen LogP contribution is -2.13. The first-order valence-corrected chi connectivity index (χ1v) is 8.90. The molecule has 3 rings (SSSR count). The van der Waals surface area contributed by atoms with Gasteiger partial charge in [-0.3, -0.25) is 4.79 Å². The second-order valence-electron chi connectivity index (χ2n) is 5.84. The highest BCUT2D eigenvalue weighted by atomic mass is 16.5. The summed E-state index contributed by atoms with van der Waals surface area (Å²) in [6.07, 6.45) is 3.92. The molecule has 0 bridgehead atoms. The zero-order valence-electron chi connectivity index (χ0n) is 15.4. The zero-order valence-corrected chi connectivity index (χ0v) is 15.4. The van der Waals surface area contributed by atoms with Crippen LogP contribution in [0.4, 0.5) is 17.3 Å². The molecule has 0 unspecified atom stereocenters. The first kappa shape index (κ1) is 18.4. The number of anilines is 3. The van der Waals surface area contributed by atoms with Gasteiger partial charge in [-0.05, 0) is 49.2 Å². The zero-order chi connectivity index (χ0) is 19.1. The smallest absolute Gasteiger partial charge is 0.258 e. The Morgan fingerprint density at radius 1 is 1.00 bits per heavy atom. The molecule has 6 heteroatoms. The van der Waals surface area contributed by atoms with E-state index in [4.69, 9.17) is 4.74 Å². The lowest BCUT2D eigenvalue weighted by Gasteiger charge is -2.10. The molecule has 0 saturated carbocycles. The summed E-state index contributed by atoms with van der Waals surface area (Å²) in [6.45, 7) is 4.62. The Morgan fingerprint density at radius 3 is 2.37 bits per heavy atom. The fourth-order valence-electron chi connectivity index (χ4n) is 2.59. The first-order chi connectivity index (χ1) is 13.2. The summed E-state index contributed by atoms with van der Waals surface area (Å²) in [6, 6.07) is 15.2. The van der Waals surface area contributed by atoms with Crippen molar-refractivity contribution >= 4 is 23.2 Å². The molecular formula is C21H22N4O2. The van der Waals surface area contributed by atoms with Gasteiger partial charge in [-0.25, -0.2) is 9.97 Å². The van der Waals surface area contributed by atoms with Crippen molar-refractivity contribution in [2.24, 2.45) is 0 Å². The van der Waals surface area contributed by atoms with Crippen molar-refractivity contribution in [3.05, 3.63) is 72.1 Å². The number of nitrogens with zero attached hydrogens (tertiary/aromatic N) is 2. The number of aryl methyl sites for hydroxylation is 1. The van der Waals surface area contributed by atoms with E-state index < -0.39 is 0 Å². The molecule has 2 aromatic carbocycles. The highest BCUT2D eigenvalue weighted by molar-refractivity contribution is 6.03. The summed E-state index contributed by atoms with van der Waals surface area (Å²) in [7, 11) is 0. The van der Waals surface area contributed by atoms with E-state index in [1.54, 1.807) is 12.1 Å². The number of aromatic nitrogens is 2. The first-order valence-electron chi connectivity index (χ1n) is 8.90. The van der Waals surface area contributed by atoms with E-state index in [0.717, 1.165) is 17.9 Å². The fourth-order valence-corrected chi connectivity index (χ4v) is 2.59. The molecule has 1 amide bonds. The number of benzene rings is 2. The normalized spacial score (nSPS) is 10.3. The van der Waals surface area contributed by atoms with Crippen LogP contribution >= 0.6 is 0 Å². The maximum Gasteiger partial charge on any atom is 0.258 e.